The summed E-state index contributed by atoms with van der Waals surface area (Å²) in [6, 6.07) is 9.38. The normalized spacial score (nSPS) is 10.2. The number of benzene rings is 1. The predicted octanol–water partition coefficient (Wildman–Crippen LogP) is 2.19. The molecule has 0 aliphatic carbocycles. The number of carbonyl (C=O) groups excluding carboxylic acids is 1. The summed E-state index contributed by atoms with van der Waals surface area (Å²) in [4.78, 5) is 15.0. The first kappa shape index (κ1) is 11.6. The first-order valence-corrected chi connectivity index (χ1v) is 5.69. The Hall–Kier alpha value is -1.88. The standard InChI is InChI=1S/C12H10BrN3O/c13-8-3-1-2-7(6-8)9-4-5-16-11(10(9)14)12(15)17/h1-6H,14H2,(H2,15,17). The summed E-state index contributed by atoms with van der Waals surface area (Å²) in [5, 5.41) is 0. The van der Waals surface area contributed by atoms with Crippen molar-refractivity contribution in [3.8, 4) is 11.1 Å². The van der Waals surface area contributed by atoms with Gasteiger partial charge in [-0.2, -0.15) is 0 Å². The highest BCUT2D eigenvalue weighted by Crippen LogP contribution is 2.28. The van der Waals surface area contributed by atoms with E-state index in [-0.39, 0.29) is 5.69 Å². The molecule has 2 rings (SSSR count). The smallest absolute Gasteiger partial charge is 0.269 e. The molecule has 0 aliphatic rings. The van der Waals surface area contributed by atoms with E-state index in [0.29, 0.717) is 5.69 Å². The zero-order valence-corrected chi connectivity index (χ0v) is 10.4. The lowest BCUT2D eigenvalue weighted by molar-refractivity contribution is 0.0996. The van der Waals surface area contributed by atoms with E-state index in [2.05, 4.69) is 20.9 Å². The van der Waals surface area contributed by atoms with Crippen LogP contribution in [0.15, 0.2) is 41.0 Å². The van der Waals surface area contributed by atoms with E-state index in [9.17, 15) is 4.79 Å². The summed E-state index contributed by atoms with van der Waals surface area (Å²) in [6.07, 6.45) is 1.52. The predicted molar refractivity (Wildman–Crippen MR) is 70.3 cm³/mol. The molecular weight excluding hydrogens is 282 g/mol. The van der Waals surface area contributed by atoms with E-state index < -0.39 is 5.91 Å². The summed E-state index contributed by atoms with van der Waals surface area (Å²) in [6.45, 7) is 0. The van der Waals surface area contributed by atoms with Crippen LogP contribution < -0.4 is 11.5 Å². The number of amides is 1. The largest absolute Gasteiger partial charge is 0.396 e. The molecule has 0 saturated carbocycles. The van der Waals surface area contributed by atoms with Crippen molar-refractivity contribution in [2.45, 2.75) is 0 Å². The Morgan fingerprint density at radius 1 is 1.29 bits per heavy atom. The second kappa shape index (κ2) is 4.55. The summed E-state index contributed by atoms with van der Waals surface area (Å²) < 4.78 is 0.937. The van der Waals surface area contributed by atoms with Crippen LogP contribution in [0.3, 0.4) is 0 Å². The number of hydrogen-bond acceptors (Lipinski definition) is 3. The van der Waals surface area contributed by atoms with Gasteiger partial charge < -0.3 is 11.5 Å². The summed E-state index contributed by atoms with van der Waals surface area (Å²) in [5.74, 6) is -0.626. The van der Waals surface area contributed by atoms with Crippen molar-refractivity contribution in [2.24, 2.45) is 5.73 Å². The topological polar surface area (TPSA) is 82.0 Å². The minimum atomic E-state index is -0.626. The molecule has 0 atom stereocenters. The van der Waals surface area contributed by atoms with Gasteiger partial charge in [0.15, 0.2) is 5.69 Å². The van der Waals surface area contributed by atoms with Crippen molar-refractivity contribution in [2.75, 3.05) is 5.73 Å². The number of halogens is 1. The van der Waals surface area contributed by atoms with E-state index in [4.69, 9.17) is 11.5 Å². The quantitative estimate of drug-likeness (QED) is 0.890. The molecule has 1 amide bonds. The van der Waals surface area contributed by atoms with Crippen LogP contribution in [0.2, 0.25) is 0 Å². The summed E-state index contributed by atoms with van der Waals surface area (Å²) >= 11 is 3.38. The molecule has 0 saturated heterocycles. The number of pyridine rings is 1. The molecule has 0 radical (unpaired) electrons. The number of aromatic nitrogens is 1. The third-order valence-electron chi connectivity index (χ3n) is 2.36. The van der Waals surface area contributed by atoms with E-state index in [1.54, 1.807) is 6.07 Å². The van der Waals surface area contributed by atoms with Gasteiger partial charge in [0.2, 0.25) is 0 Å². The highest BCUT2D eigenvalue weighted by Gasteiger charge is 2.12. The molecule has 0 fully saturated rings. The first-order chi connectivity index (χ1) is 8.09. The third kappa shape index (κ3) is 2.29. The fraction of sp³-hybridized carbons (Fsp3) is 0. The Kier molecular flexibility index (Phi) is 3.10. The highest BCUT2D eigenvalue weighted by atomic mass is 79.9. The molecule has 86 valence electrons. The molecule has 4 nitrogen and oxygen atoms in total. The lowest BCUT2D eigenvalue weighted by Gasteiger charge is -2.08. The number of hydrogen-bond donors (Lipinski definition) is 2. The van der Waals surface area contributed by atoms with Crippen LogP contribution in [-0.4, -0.2) is 10.9 Å². The Morgan fingerprint density at radius 2 is 2.06 bits per heavy atom. The Balaban J connectivity index is 2.60. The fourth-order valence-electron chi connectivity index (χ4n) is 1.58. The van der Waals surface area contributed by atoms with Gasteiger partial charge in [-0.3, -0.25) is 4.79 Å². The average molecular weight is 292 g/mol. The van der Waals surface area contributed by atoms with E-state index in [1.165, 1.54) is 6.20 Å². The zero-order valence-electron chi connectivity index (χ0n) is 8.85. The SMILES string of the molecule is NC(=O)c1nccc(-c2cccc(Br)c2)c1N. The Morgan fingerprint density at radius 3 is 2.71 bits per heavy atom. The lowest BCUT2D eigenvalue weighted by atomic mass is 10.0. The van der Waals surface area contributed by atoms with Gasteiger partial charge in [0.05, 0.1) is 5.69 Å². The molecule has 0 unspecified atom stereocenters. The summed E-state index contributed by atoms with van der Waals surface area (Å²) in [7, 11) is 0. The van der Waals surface area contributed by atoms with Gasteiger partial charge in [0.25, 0.3) is 5.91 Å². The maximum absolute atomic E-state index is 11.1. The fourth-order valence-corrected chi connectivity index (χ4v) is 1.98. The number of carbonyl (C=O) groups is 1. The molecular formula is C12H10BrN3O. The van der Waals surface area contributed by atoms with Crippen LogP contribution in [-0.2, 0) is 0 Å². The molecule has 0 bridgehead atoms. The van der Waals surface area contributed by atoms with Crippen LogP contribution in [0.5, 0.6) is 0 Å². The number of anilines is 1. The van der Waals surface area contributed by atoms with Crippen molar-refractivity contribution in [3.05, 3.63) is 46.7 Å². The van der Waals surface area contributed by atoms with E-state index in [0.717, 1.165) is 15.6 Å². The monoisotopic (exact) mass is 291 g/mol. The van der Waals surface area contributed by atoms with Gasteiger partial charge in [-0.1, -0.05) is 28.1 Å². The number of nitrogens with two attached hydrogens (primary N) is 2. The molecule has 5 heteroatoms. The maximum Gasteiger partial charge on any atom is 0.269 e. The lowest BCUT2D eigenvalue weighted by Crippen LogP contribution is -2.15. The zero-order chi connectivity index (χ0) is 12.4. The number of nitrogens with zero attached hydrogens (tertiary/aromatic N) is 1. The number of rotatable bonds is 2. The summed E-state index contributed by atoms with van der Waals surface area (Å²) in [5.41, 5.74) is 13.1. The highest BCUT2D eigenvalue weighted by molar-refractivity contribution is 9.10. The van der Waals surface area contributed by atoms with Crippen LogP contribution >= 0.6 is 15.9 Å². The van der Waals surface area contributed by atoms with Crippen molar-refractivity contribution >= 4 is 27.5 Å². The number of primary amides is 1. The molecule has 4 N–H and O–H groups in total. The van der Waals surface area contributed by atoms with E-state index >= 15 is 0 Å². The molecule has 0 aliphatic heterocycles. The molecule has 1 aromatic heterocycles. The first-order valence-electron chi connectivity index (χ1n) is 4.90. The minimum absolute atomic E-state index is 0.0995. The van der Waals surface area contributed by atoms with Crippen molar-refractivity contribution < 1.29 is 4.79 Å². The van der Waals surface area contributed by atoms with Crippen LogP contribution in [0.1, 0.15) is 10.5 Å². The van der Waals surface area contributed by atoms with Gasteiger partial charge in [-0.05, 0) is 23.8 Å². The van der Waals surface area contributed by atoms with Crippen molar-refractivity contribution in [1.29, 1.82) is 0 Å². The maximum atomic E-state index is 11.1. The van der Waals surface area contributed by atoms with Gasteiger partial charge >= 0.3 is 0 Å². The molecule has 1 heterocycles. The minimum Gasteiger partial charge on any atom is -0.396 e. The van der Waals surface area contributed by atoms with Crippen LogP contribution in [0.4, 0.5) is 5.69 Å². The van der Waals surface area contributed by atoms with Gasteiger partial charge in [0.1, 0.15) is 0 Å². The van der Waals surface area contributed by atoms with Crippen LogP contribution in [0, 0.1) is 0 Å². The Labute approximate surface area is 107 Å². The molecule has 17 heavy (non-hydrogen) atoms. The van der Waals surface area contributed by atoms with Crippen molar-refractivity contribution in [3.63, 3.8) is 0 Å². The van der Waals surface area contributed by atoms with Gasteiger partial charge in [-0.15, -0.1) is 0 Å². The molecule has 1 aromatic carbocycles. The second-order valence-corrected chi connectivity index (χ2v) is 4.41. The third-order valence-corrected chi connectivity index (χ3v) is 2.85. The molecule has 0 spiro atoms. The van der Waals surface area contributed by atoms with Crippen LogP contribution in [0.25, 0.3) is 11.1 Å². The second-order valence-electron chi connectivity index (χ2n) is 3.50. The molecule has 2 aromatic rings. The van der Waals surface area contributed by atoms with E-state index in [1.807, 2.05) is 24.3 Å². The Bertz CT molecular complexity index is 584. The number of nitrogen functional groups attached to an aromatic ring is 1. The van der Waals surface area contributed by atoms with Gasteiger partial charge in [0, 0.05) is 16.2 Å². The van der Waals surface area contributed by atoms with Crippen molar-refractivity contribution in [1.82, 2.24) is 4.98 Å². The van der Waals surface area contributed by atoms with Gasteiger partial charge in [-0.25, -0.2) is 4.98 Å². The average Bonchev–Trinajstić information content (AvgIpc) is 2.29.